The van der Waals surface area contributed by atoms with Gasteiger partial charge >= 0.3 is 6.03 Å². The fourth-order valence-electron chi connectivity index (χ4n) is 9.17. The first-order valence-electron chi connectivity index (χ1n) is 24.9. The average Bonchev–Trinajstić information content (AvgIpc) is 4.19. The van der Waals surface area contributed by atoms with Crippen molar-refractivity contribution < 1.29 is 42.9 Å². The van der Waals surface area contributed by atoms with Crippen LogP contribution in [0.3, 0.4) is 0 Å². The van der Waals surface area contributed by atoms with Crippen LogP contribution in [0.2, 0.25) is 10.2 Å². The number of imide groups is 1. The van der Waals surface area contributed by atoms with Gasteiger partial charge in [0, 0.05) is 69.9 Å². The maximum atomic E-state index is 13.4. The fraction of sp³-hybridized carbons (Fsp3) is 0.412. The molecule has 400 valence electrons. The molecule has 0 bridgehead atoms. The molecule has 0 spiro atoms. The highest BCUT2D eigenvalue weighted by atomic mass is 35.5. The average molecular weight is 1080 g/mol. The summed E-state index contributed by atoms with van der Waals surface area (Å²) in [5.74, 6) is -0.257. The second kappa shape index (κ2) is 25.1. The molecule has 2 saturated heterocycles. The normalized spacial score (nSPS) is 16.4. The lowest BCUT2D eigenvalue weighted by molar-refractivity contribution is -0.137. The van der Waals surface area contributed by atoms with Gasteiger partial charge in [0.1, 0.15) is 18.4 Å². The third kappa shape index (κ3) is 13.3. The Morgan fingerprint density at radius 2 is 1.57 bits per heavy atom. The molecule has 6 amide bonds. The summed E-state index contributed by atoms with van der Waals surface area (Å²) < 4.78 is 25.0. The number of halogens is 2. The first kappa shape index (κ1) is 53.7. The van der Waals surface area contributed by atoms with E-state index in [1.54, 1.807) is 30.1 Å². The van der Waals surface area contributed by atoms with Crippen LogP contribution in [0.1, 0.15) is 65.0 Å². The van der Waals surface area contributed by atoms with E-state index in [0.29, 0.717) is 85.9 Å². The number of fused-ring (bicyclic) bond motifs is 2. The number of piperazine rings is 1. The number of urea groups is 1. The zero-order chi connectivity index (χ0) is 53.1. The smallest absolute Gasteiger partial charge is 0.323 e. The van der Waals surface area contributed by atoms with Gasteiger partial charge in [-0.1, -0.05) is 53.5 Å². The number of piperidine rings is 1. The number of benzene rings is 2. The number of carbonyl (C=O) groups excluding carboxylic acids is 5. The van der Waals surface area contributed by atoms with Crippen molar-refractivity contribution in [3.63, 3.8) is 0 Å². The Bertz CT molecular complexity index is 3030. The molecule has 3 aliphatic rings. The zero-order valence-electron chi connectivity index (χ0n) is 42.0. The van der Waals surface area contributed by atoms with E-state index < -0.39 is 24.0 Å². The number of hydrogen-bond acceptors (Lipinski definition) is 16. The Morgan fingerprint density at radius 3 is 2.30 bits per heavy atom. The summed E-state index contributed by atoms with van der Waals surface area (Å²) in [6.07, 6.45) is 6.51. The fourth-order valence-corrected chi connectivity index (χ4v) is 9.59. The van der Waals surface area contributed by atoms with E-state index >= 15 is 0 Å². The highest BCUT2D eigenvalue weighted by Gasteiger charge is 2.40. The van der Waals surface area contributed by atoms with Crippen molar-refractivity contribution in [2.45, 2.75) is 58.0 Å². The van der Waals surface area contributed by atoms with Gasteiger partial charge in [0.05, 0.1) is 106 Å². The molecule has 0 aliphatic carbocycles. The van der Waals surface area contributed by atoms with Crippen LogP contribution in [0, 0.1) is 0 Å². The number of carbonyl (C=O) groups is 5. The first-order valence-corrected chi connectivity index (χ1v) is 25.7. The summed E-state index contributed by atoms with van der Waals surface area (Å²) in [7, 11) is 1.66. The van der Waals surface area contributed by atoms with E-state index in [1.165, 1.54) is 50.6 Å². The van der Waals surface area contributed by atoms with Crippen LogP contribution in [-0.4, -0.2) is 169 Å². The minimum Gasteiger partial charge on any atom is -0.489 e. The van der Waals surface area contributed by atoms with Gasteiger partial charge in [-0.05, 0) is 42.7 Å². The molecule has 25 heteroatoms. The van der Waals surface area contributed by atoms with Gasteiger partial charge in [-0.3, -0.25) is 34.3 Å². The van der Waals surface area contributed by atoms with Crippen molar-refractivity contribution in [3.8, 4) is 11.6 Å². The van der Waals surface area contributed by atoms with Gasteiger partial charge in [0.25, 0.3) is 5.91 Å². The molecule has 3 aliphatic heterocycles. The van der Waals surface area contributed by atoms with Gasteiger partial charge in [-0.25, -0.2) is 19.3 Å². The van der Waals surface area contributed by atoms with E-state index in [4.69, 9.17) is 42.1 Å². The minimum absolute atomic E-state index is 0.110. The van der Waals surface area contributed by atoms with Crippen molar-refractivity contribution >= 4 is 69.9 Å². The predicted octanol–water partition coefficient (Wildman–Crippen LogP) is 4.77. The number of pyridine rings is 1. The van der Waals surface area contributed by atoms with Crippen LogP contribution in [0.25, 0.3) is 11.5 Å². The molecule has 1 unspecified atom stereocenters. The number of rotatable bonds is 23. The third-order valence-corrected chi connectivity index (χ3v) is 13.8. The molecule has 0 saturated carbocycles. The number of amides is 6. The summed E-state index contributed by atoms with van der Waals surface area (Å²) in [6.45, 7) is 10.3. The third-order valence-electron chi connectivity index (χ3n) is 13.4. The summed E-state index contributed by atoms with van der Waals surface area (Å²) in [6, 6.07) is 15.0. The molecule has 23 nitrogen and oxygen atoms in total. The summed E-state index contributed by atoms with van der Waals surface area (Å²) in [4.78, 5) is 81.7. The topological polar surface area (TPSA) is 245 Å². The second-order valence-electron chi connectivity index (χ2n) is 18.4. The Hall–Kier alpha value is -7.12. The number of nitrogens with one attached hydrogen (secondary N) is 3. The number of hydrogen-bond donors (Lipinski definition) is 3. The van der Waals surface area contributed by atoms with E-state index in [9.17, 15) is 24.0 Å². The highest BCUT2D eigenvalue weighted by Crippen LogP contribution is 2.34. The molecule has 7 heterocycles. The molecule has 2 atom stereocenters. The molecular weight excluding hydrogens is 1020 g/mol. The van der Waals surface area contributed by atoms with Gasteiger partial charge in [0.2, 0.25) is 17.7 Å². The van der Waals surface area contributed by atoms with E-state index in [-0.39, 0.29) is 53.9 Å². The molecule has 6 aromatic rings. The van der Waals surface area contributed by atoms with Crippen molar-refractivity contribution in [1.82, 2.24) is 59.5 Å². The SMILES string of the molecule is C[C@@H](c1c(NC(=O)Nc2cnc(-n3nccn3)c(Cl)c2)cnc2cc(Cl)nn12)N(C)C(=O)CCOCCOCCOCCN1CCN(Cc2ccc(COc3cccc4c3CN(C3CCC(=O)NC3=O)C4=O)cc2)CC1. The minimum atomic E-state index is -0.674. The van der Waals surface area contributed by atoms with Crippen LogP contribution >= 0.6 is 23.2 Å². The summed E-state index contributed by atoms with van der Waals surface area (Å²) in [5.41, 5.74) is 5.02. The van der Waals surface area contributed by atoms with Gasteiger partial charge < -0.3 is 39.4 Å². The lowest BCUT2D eigenvalue weighted by atomic mass is 10.0. The summed E-state index contributed by atoms with van der Waals surface area (Å²) >= 11 is 12.6. The maximum absolute atomic E-state index is 13.4. The number of anilines is 2. The number of aromatic nitrogens is 7. The van der Waals surface area contributed by atoms with Crippen LogP contribution in [0.15, 0.2) is 79.4 Å². The van der Waals surface area contributed by atoms with Crippen molar-refractivity contribution in [3.05, 3.63) is 118 Å². The Kier molecular flexibility index (Phi) is 17.8. The van der Waals surface area contributed by atoms with Crippen LogP contribution in [-0.2, 0) is 48.3 Å². The van der Waals surface area contributed by atoms with Crippen LogP contribution < -0.4 is 20.7 Å². The standard InChI is InChI=1S/C51H58Cl2N14O9/c1-33(47-40(29-54-44-27-43(53)61-66(44)47)59-51(72)58-36-26-39(52)48(55-28-36)67-56-13-14-57-67)62(2)46(69)12-20-73-22-24-75-25-23-74-21-19-63-15-17-64(18-16-63)30-34-6-8-35(9-7-34)32-76-42-5-3-4-37-38(42)31-65(50(37)71)41-10-11-45(68)60-49(41)70/h3-9,13-14,26-29,33,41H,10-12,15-25,30-32H2,1-2H3,(H2,58,59,72)(H,60,68,70)/t33-,41?/m0/s1. The second-order valence-corrected chi connectivity index (χ2v) is 19.2. The van der Waals surface area contributed by atoms with E-state index in [2.05, 4.69) is 75.3 Å². The van der Waals surface area contributed by atoms with Crippen molar-refractivity contribution in [1.29, 1.82) is 0 Å². The van der Waals surface area contributed by atoms with Gasteiger partial charge in [-0.2, -0.15) is 15.3 Å². The predicted molar refractivity (Wildman–Crippen MR) is 278 cm³/mol. The monoisotopic (exact) mass is 1080 g/mol. The lowest BCUT2D eigenvalue weighted by Crippen LogP contribution is -2.52. The molecule has 76 heavy (non-hydrogen) atoms. The quantitative estimate of drug-likeness (QED) is 0.0578. The van der Waals surface area contributed by atoms with Crippen LogP contribution in [0.4, 0.5) is 16.2 Å². The van der Waals surface area contributed by atoms with Gasteiger partial charge in [0.15, 0.2) is 16.6 Å². The largest absolute Gasteiger partial charge is 0.489 e. The molecule has 2 fully saturated rings. The zero-order valence-corrected chi connectivity index (χ0v) is 43.5. The van der Waals surface area contributed by atoms with Crippen molar-refractivity contribution in [2.75, 3.05) is 90.0 Å². The first-order chi connectivity index (χ1) is 36.9. The Labute approximate surface area is 447 Å². The highest BCUT2D eigenvalue weighted by molar-refractivity contribution is 6.32. The Balaban J connectivity index is 0.617. The van der Waals surface area contributed by atoms with E-state index in [1.807, 2.05) is 13.0 Å². The number of ether oxygens (including phenoxy) is 4. The molecule has 9 rings (SSSR count). The molecular formula is C51H58Cl2N14O9. The van der Waals surface area contributed by atoms with E-state index in [0.717, 1.165) is 50.4 Å². The molecule has 2 aromatic carbocycles. The van der Waals surface area contributed by atoms with Gasteiger partial charge in [-0.15, -0.1) is 4.80 Å². The molecule has 3 N–H and O–H groups in total. The maximum Gasteiger partial charge on any atom is 0.323 e. The summed E-state index contributed by atoms with van der Waals surface area (Å²) in [5, 5.41) is 20.7. The number of nitrogens with zero attached hydrogens (tertiary/aromatic N) is 11. The lowest BCUT2D eigenvalue weighted by Gasteiger charge is -2.34. The van der Waals surface area contributed by atoms with Crippen molar-refractivity contribution in [2.24, 2.45) is 0 Å². The molecule has 0 radical (unpaired) electrons. The van der Waals surface area contributed by atoms with Crippen LogP contribution in [0.5, 0.6) is 5.75 Å². The molecule has 4 aromatic heterocycles. The Morgan fingerprint density at radius 1 is 0.855 bits per heavy atom.